The number of benzene rings is 1. The number of piperidine rings is 1. The van der Waals surface area contributed by atoms with Crippen LogP contribution in [0.3, 0.4) is 0 Å². The van der Waals surface area contributed by atoms with E-state index in [4.69, 9.17) is 0 Å². The molecule has 0 aromatic heterocycles. The van der Waals surface area contributed by atoms with Crippen LogP contribution in [0.2, 0.25) is 0 Å². The number of rotatable bonds is 3. The lowest BCUT2D eigenvalue weighted by Gasteiger charge is -2.46. The summed E-state index contributed by atoms with van der Waals surface area (Å²) in [6, 6.07) is 10.6. The molecular weight excluding hydrogens is 338 g/mol. The van der Waals surface area contributed by atoms with Crippen LogP contribution in [-0.2, 0) is 9.59 Å². The van der Waals surface area contributed by atoms with Crippen molar-refractivity contribution in [3.63, 3.8) is 0 Å². The van der Waals surface area contributed by atoms with Gasteiger partial charge in [-0.1, -0.05) is 44.2 Å². The molecule has 0 saturated carbocycles. The van der Waals surface area contributed by atoms with E-state index < -0.39 is 0 Å². The predicted octanol–water partition coefficient (Wildman–Crippen LogP) is 2.13. The van der Waals surface area contributed by atoms with E-state index in [1.165, 1.54) is 5.56 Å². The summed E-state index contributed by atoms with van der Waals surface area (Å²) in [5, 5.41) is 6.78. The van der Waals surface area contributed by atoms with Crippen molar-refractivity contribution in [1.82, 2.24) is 15.5 Å². The fourth-order valence-electron chi connectivity index (χ4n) is 4.31. The third-order valence-electron chi connectivity index (χ3n) is 5.32. The molecule has 2 heterocycles. The third-order valence-corrected chi connectivity index (χ3v) is 5.32. The highest BCUT2D eigenvalue weighted by atomic mass is 35.5. The molecule has 1 aromatic rings. The first-order valence-corrected chi connectivity index (χ1v) is 8.79. The minimum absolute atomic E-state index is 0. The first-order chi connectivity index (χ1) is 11.4. The molecule has 6 heteroatoms. The van der Waals surface area contributed by atoms with Crippen molar-refractivity contribution < 1.29 is 9.59 Å². The second-order valence-corrected chi connectivity index (χ2v) is 7.42. The molecule has 138 valence electrons. The zero-order valence-electron chi connectivity index (χ0n) is 15.1. The van der Waals surface area contributed by atoms with Gasteiger partial charge in [-0.3, -0.25) is 9.59 Å². The molecule has 2 fully saturated rings. The zero-order valence-corrected chi connectivity index (χ0v) is 15.9. The lowest BCUT2D eigenvalue weighted by atomic mass is 9.75. The van der Waals surface area contributed by atoms with Crippen molar-refractivity contribution in [3.05, 3.63) is 35.9 Å². The van der Waals surface area contributed by atoms with E-state index in [1.807, 2.05) is 36.9 Å². The summed E-state index contributed by atoms with van der Waals surface area (Å²) in [7, 11) is 0. The number of nitrogens with zero attached hydrogens (tertiary/aromatic N) is 1. The van der Waals surface area contributed by atoms with Crippen LogP contribution in [0.15, 0.2) is 30.3 Å². The summed E-state index contributed by atoms with van der Waals surface area (Å²) in [4.78, 5) is 26.2. The average molecular weight is 366 g/mol. The molecule has 0 radical (unpaired) electrons. The Labute approximate surface area is 155 Å². The van der Waals surface area contributed by atoms with E-state index in [1.54, 1.807) is 6.92 Å². The Hall–Kier alpha value is -1.59. The van der Waals surface area contributed by atoms with E-state index in [-0.39, 0.29) is 41.7 Å². The Bertz CT molecular complexity index is 622. The largest absolute Gasteiger partial charge is 0.347 e. The second-order valence-electron chi connectivity index (χ2n) is 7.42. The van der Waals surface area contributed by atoms with Crippen LogP contribution in [0.5, 0.6) is 0 Å². The number of nitrogens with one attached hydrogen (secondary N) is 2. The highest BCUT2D eigenvalue weighted by Gasteiger charge is 2.53. The van der Waals surface area contributed by atoms with Crippen molar-refractivity contribution in [2.75, 3.05) is 19.6 Å². The minimum atomic E-state index is -0.380. The molecule has 0 aliphatic carbocycles. The highest BCUT2D eigenvalue weighted by Crippen LogP contribution is 2.42. The predicted molar refractivity (Wildman–Crippen MR) is 101 cm³/mol. The van der Waals surface area contributed by atoms with Gasteiger partial charge in [-0.25, -0.2) is 0 Å². The van der Waals surface area contributed by atoms with Crippen molar-refractivity contribution in [1.29, 1.82) is 0 Å². The Morgan fingerprint density at radius 3 is 2.56 bits per heavy atom. The Morgan fingerprint density at radius 2 is 1.96 bits per heavy atom. The van der Waals surface area contributed by atoms with Crippen LogP contribution in [0.4, 0.5) is 0 Å². The molecule has 2 saturated heterocycles. The first-order valence-electron chi connectivity index (χ1n) is 8.79. The van der Waals surface area contributed by atoms with E-state index in [2.05, 4.69) is 22.8 Å². The maximum absolute atomic E-state index is 12.5. The summed E-state index contributed by atoms with van der Waals surface area (Å²) in [5.74, 6) is 0.408. The zero-order chi connectivity index (χ0) is 17.3. The van der Waals surface area contributed by atoms with Crippen LogP contribution < -0.4 is 10.6 Å². The van der Waals surface area contributed by atoms with Gasteiger partial charge in [0.1, 0.15) is 0 Å². The van der Waals surface area contributed by atoms with Gasteiger partial charge in [0.25, 0.3) is 0 Å². The standard InChI is InChI=1S/C19H27N3O2.ClH/c1-13(2)18(24)22-10-9-16-17(15-7-5-4-6-8-15)20-11-19(16,12-22)21-14(3)23;/h4-8,13,16-17,20H,9-12H2,1-3H3,(H,21,23);1H/t16-,17-,19+;/m1./s1. The number of likely N-dealkylation sites (tertiary alicyclic amines) is 1. The normalized spacial score (nSPS) is 28.2. The fraction of sp³-hybridized carbons (Fsp3) is 0.579. The van der Waals surface area contributed by atoms with Crippen molar-refractivity contribution in [2.45, 2.75) is 38.8 Å². The molecule has 1 aromatic carbocycles. The van der Waals surface area contributed by atoms with Crippen molar-refractivity contribution in [2.24, 2.45) is 11.8 Å². The molecule has 0 spiro atoms. The number of amides is 2. The summed E-state index contributed by atoms with van der Waals surface area (Å²) in [6.07, 6.45) is 0.894. The maximum atomic E-state index is 12.5. The number of hydrogen-bond acceptors (Lipinski definition) is 3. The van der Waals surface area contributed by atoms with Crippen LogP contribution in [-0.4, -0.2) is 41.9 Å². The summed E-state index contributed by atoms with van der Waals surface area (Å²) >= 11 is 0. The summed E-state index contributed by atoms with van der Waals surface area (Å²) in [5.41, 5.74) is 0.869. The number of fused-ring (bicyclic) bond motifs is 1. The maximum Gasteiger partial charge on any atom is 0.225 e. The second kappa shape index (κ2) is 7.75. The average Bonchev–Trinajstić information content (AvgIpc) is 2.92. The SMILES string of the molecule is CC(=O)N[C@]12CN[C@H](c3ccccc3)[C@H]1CCN(C(=O)C(C)C)C2.Cl. The monoisotopic (exact) mass is 365 g/mol. The van der Waals surface area contributed by atoms with Gasteiger partial charge in [-0.05, 0) is 12.0 Å². The van der Waals surface area contributed by atoms with Gasteiger partial charge < -0.3 is 15.5 Å². The number of carbonyl (C=O) groups is 2. The number of halogens is 1. The summed E-state index contributed by atoms with van der Waals surface area (Å²) < 4.78 is 0. The molecule has 2 amide bonds. The minimum Gasteiger partial charge on any atom is -0.347 e. The fourth-order valence-corrected chi connectivity index (χ4v) is 4.31. The first kappa shape index (κ1) is 19.7. The molecule has 5 nitrogen and oxygen atoms in total. The van der Waals surface area contributed by atoms with Crippen LogP contribution >= 0.6 is 12.4 Å². The topological polar surface area (TPSA) is 61.4 Å². The Morgan fingerprint density at radius 1 is 1.28 bits per heavy atom. The van der Waals surface area contributed by atoms with E-state index >= 15 is 0 Å². The van der Waals surface area contributed by atoms with Gasteiger partial charge in [-0.2, -0.15) is 0 Å². The van der Waals surface area contributed by atoms with Crippen LogP contribution in [0, 0.1) is 11.8 Å². The van der Waals surface area contributed by atoms with E-state index in [0.717, 1.165) is 13.0 Å². The quantitative estimate of drug-likeness (QED) is 0.862. The smallest absolute Gasteiger partial charge is 0.225 e. The van der Waals surface area contributed by atoms with Gasteiger partial charge in [0.15, 0.2) is 0 Å². The van der Waals surface area contributed by atoms with Crippen LogP contribution in [0.25, 0.3) is 0 Å². The molecule has 0 bridgehead atoms. The molecular formula is C19H28ClN3O2. The van der Waals surface area contributed by atoms with Crippen molar-refractivity contribution >= 4 is 24.2 Å². The molecule has 3 rings (SSSR count). The third kappa shape index (κ3) is 3.82. The Kier molecular flexibility index (Phi) is 6.12. The molecule has 25 heavy (non-hydrogen) atoms. The highest BCUT2D eigenvalue weighted by molar-refractivity contribution is 5.85. The lowest BCUT2D eigenvalue weighted by Crippen LogP contribution is -2.64. The van der Waals surface area contributed by atoms with Gasteiger partial charge in [0, 0.05) is 44.4 Å². The van der Waals surface area contributed by atoms with Gasteiger partial charge in [-0.15, -0.1) is 12.4 Å². The molecule has 2 N–H and O–H groups in total. The molecule has 2 aliphatic rings. The number of carbonyl (C=O) groups excluding carboxylic acids is 2. The molecule has 2 aliphatic heterocycles. The number of hydrogen-bond donors (Lipinski definition) is 2. The Balaban J connectivity index is 0.00000225. The van der Waals surface area contributed by atoms with Gasteiger partial charge in [0.2, 0.25) is 11.8 Å². The van der Waals surface area contributed by atoms with Crippen molar-refractivity contribution in [3.8, 4) is 0 Å². The molecule has 3 atom stereocenters. The van der Waals surface area contributed by atoms with Crippen LogP contribution in [0.1, 0.15) is 38.8 Å². The summed E-state index contributed by atoms with van der Waals surface area (Å²) in [6.45, 7) is 7.46. The lowest BCUT2D eigenvalue weighted by molar-refractivity contribution is -0.139. The molecule has 0 unspecified atom stereocenters. The van der Waals surface area contributed by atoms with E-state index in [9.17, 15) is 9.59 Å². The van der Waals surface area contributed by atoms with Gasteiger partial charge >= 0.3 is 0 Å². The van der Waals surface area contributed by atoms with E-state index in [0.29, 0.717) is 19.0 Å². The van der Waals surface area contributed by atoms with Gasteiger partial charge in [0.05, 0.1) is 5.54 Å².